The Balaban J connectivity index is 1.23. The number of ether oxygens (including phenoxy) is 3. The first-order chi connectivity index (χ1) is 26.7. The SMILES string of the molecule is CCCCCC(CCCCC)CCOC(=O)CCCCCCCC(CCCCCCCC(=O)OCC12CC3CCC(CC(C3)C1)C2)OC(=O)CCCN(C)C. The minimum atomic E-state index is -0.0683. The number of esters is 3. The Morgan fingerprint density at radius 3 is 1.62 bits per heavy atom. The highest BCUT2D eigenvalue weighted by Gasteiger charge is 2.49. The molecule has 0 heterocycles. The second kappa shape index (κ2) is 28.7. The molecule has 4 aliphatic carbocycles. The highest BCUT2D eigenvalue weighted by molar-refractivity contribution is 5.70. The van der Waals surface area contributed by atoms with E-state index in [4.69, 9.17) is 14.2 Å². The maximum absolute atomic E-state index is 12.7. The van der Waals surface area contributed by atoms with E-state index in [2.05, 4.69) is 18.7 Å². The summed E-state index contributed by atoms with van der Waals surface area (Å²) in [4.78, 5) is 39.8. The largest absolute Gasteiger partial charge is 0.466 e. The summed E-state index contributed by atoms with van der Waals surface area (Å²) in [6, 6.07) is 0. The molecule has 4 aliphatic rings. The number of carbonyl (C=O) groups excluding carboxylic acids is 3. The Bertz CT molecular complexity index is 1000. The van der Waals surface area contributed by atoms with Gasteiger partial charge in [0.2, 0.25) is 0 Å². The zero-order chi connectivity index (χ0) is 39.6. The first-order valence-electron chi connectivity index (χ1n) is 23.9. The Labute approximate surface area is 338 Å². The highest BCUT2D eigenvalue weighted by atomic mass is 16.5. The van der Waals surface area contributed by atoms with E-state index in [1.807, 2.05) is 14.1 Å². The second-order valence-electron chi connectivity index (χ2n) is 18.9. The number of carbonyl (C=O) groups is 3. The van der Waals surface area contributed by atoms with Gasteiger partial charge in [0.25, 0.3) is 0 Å². The number of hydrogen-bond acceptors (Lipinski definition) is 7. The van der Waals surface area contributed by atoms with Crippen molar-refractivity contribution in [3.05, 3.63) is 0 Å². The van der Waals surface area contributed by atoms with Crippen LogP contribution in [0, 0.1) is 29.1 Å². The summed E-state index contributed by atoms with van der Waals surface area (Å²) >= 11 is 0. The first-order valence-corrected chi connectivity index (χ1v) is 23.9. The lowest BCUT2D eigenvalue weighted by atomic mass is 9.59. The van der Waals surface area contributed by atoms with Crippen LogP contribution in [-0.2, 0) is 28.6 Å². The molecule has 320 valence electrons. The van der Waals surface area contributed by atoms with Gasteiger partial charge >= 0.3 is 17.9 Å². The molecule has 0 radical (unpaired) electrons. The molecule has 0 aromatic carbocycles. The molecule has 0 aliphatic heterocycles. The molecule has 4 rings (SSSR count). The number of hydrogen-bond donors (Lipinski definition) is 0. The van der Waals surface area contributed by atoms with Crippen LogP contribution in [0.25, 0.3) is 0 Å². The van der Waals surface area contributed by atoms with Crippen molar-refractivity contribution in [2.75, 3.05) is 33.9 Å². The fourth-order valence-electron chi connectivity index (χ4n) is 10.5. The predicted octanol–water partition coefficient (Wildman–Crippen LogP) is 12.6. The fourth-order valence-corrected chi connectivity index (χ4v) is 10.5. The van der Waals surface area contributed by atoms with Gasteiger partial charge in [-0.05, 0) is 128 Å². The third-order valence-electron chi connectivity index (χ3n) is 13.3. The van der Waals surface area contributed by atoms with Gasteiger partial charge < -0.3 is 19.1 Å². The quantitative estimate of drug-likeness (QED) is 0.0366. The molecule has 0 aromatic heterocycles. The number of unbranched alkanes of at least 4 members (excludes halogenated alkanes) is 12. The Kier molecular flexibility index (Phi) is 24.9. The van der Waals surface area contributed by atoms with E-state index >= 15 is 0 Å². The molecule has 4 fully saturated rings. The molecule has 3 unspecified atom stereocenters. The molecule has 0 amide bonds. The molecule has 7 heteroatoms. The summed E-state index contributed by atoms with van der Waals surface area (Å²) < 4.78 is 17.6. The lowest BCUT2D eigenvalue weighted by Gasteiger charge is -2.47. The summed E-state index contributed by atoms with van der Waals surface area (Å²) in [5, 5.41) is 0. The zero-order valence-electron chi connectivity index (χ0n) is 36.5. The van der Waals surface area contributed by atoms with Crippen molar-refractivity contribution in [3.8, 4) is 0 Å². The van der Waals surface area contributed by atoms with Crippen LogP contribution in [0.3, 0.4) is 0 Å². The van der Waals surface area contributed by atoms with Crippen LogP contribution >= 0.6 is 0 Å². The van der Waals surface area contributed by atoms with Gasteiger partial charge in [-0.1, -0.05) is 117 Å². The van der Waals surface area contributed by atoms with E-state index in [1.54, 1.807) is 0 Å². The van der Waals surface area contributed by atoms with Gasteiger partial charge in [-0.25, -0.2) is 0 Å². The van der Waals surface area contributed by atoms with Gasteiger partial charge in [0.1, 0.15) is 6.10 Å². The van der Waals surface area contributed by atoms with E-state index in [1.165, 1.54) is 96.3 Å². The maximum Gasteiger partial charge on any atom is 0.306 e. The van der Waals surface area contributed by atoms with Crippen molar-refractivity contribution in [3.63, 3.8) is 0 Å². The lowest BCUT2D eigenvalue weighted by molar-refractivity contribution is -0.151. The van der Waals surface area contributed by atoms with Gasteiger partial charge in [-0.15, -0.1) is 0 Å². The van der Waals surface area contributed by atoms with E-state index in [0.29, 0.717) is 38.4 Å². The van der Waals surface area contributed by atoms with Crippen molar-refractivity contribution < 1.29 is 28.6 Å². The van der Waals surface area contributed by atoms with E-state index < -0.39 is 0 Å². The molecule has 3 atom stereocenters. The summed E-state index contributed by atoms with van der Waals surface area (Å²) in [5.74, 6) is 3.22. The van der Waals surface area contributed by atoms with Crippen LogP contribution in [0.2, 0.25) is 0 Å². The number of nitrogens with zero attached hydrogens (tertiary/aromatic N) is 1. The predicted molar refractivity (Wildman–Crippen MR) is 226 cm³/mol. The molecule has 0 N–H and O–H groups in total. The molecule has 4 bridgehead atoms. The second-order valence-corrected chi connectivity index (χ2v) is 18.9. The summed E-state index contributed by atoms with van der Waals surface area (Å²) in [6.07, 6.45) is 35.3. The van der Waals surface area contributed by atoms with Crippen LogP contribution in [-0.4, -0.2) is 62.8 Å². The normalized spacial score (nSPS) is 22.3. The van der Waals surface area contributed by atoms with Gasteiger partial charge in [0.15, 0.2) is 0 Å². The van der Waals surface area contributed by atoms with Crippen molar-refractivity contribution in [2.45, 2.75) is 225 Å². The zero-order valence-corrected chi connectivity index (χ0v) is 36.5. The number of fused-ring (bicyclic) bond motifs is 1. The van der Waals surface area contributed by atoms with Gasteiger partial charge in [0.05, 0.1) is 13.2 Å². The van der Waals surface area contributed by atoms with Crippen LogP contribution in [0.5, 0.6) is 0 Å². The molecule has 55 heavy (non-hydrogen) atoms. The summed E-state index contributed by atoms with van der Waals surface area (Å²) in [5.41, 5.74) is 0.287. The Morgan fingerprint density at radius 2 is 1.05 bits per heavy atom. The van der Waals surface area contributed by atoms with Crippen molar-refractivity contribution in [2.24, 2.45) is 29.1 Å². The molecule has 0 saturated heterocycles. The third kappa shape index (κ3) is 21.6. The monoisotopic (exact) mass is 774 g/mol. The maximum atomic E-state index is 12.7. The topological polar surface area (TPSA) is 82.1 Å². The molecular formula is C48H87NO6. The minimum absolute atomic E-state index is 0.00489. The van der Waals surface area contributed by atoms with Crippen molar-refractivity contribution in [1.29, 1.82) is 0 Å². The first kappa shape index (κ1) is 47.7. The summed E-state index contributed by atoms with van der Waals surface area (Å²) in [7, 11) is 4.07. The van der Waals surface area contributed by atoms with E-state index in [0.717, 1.165) is 114 Å². The highest BCUT2D eigenvalue weighted by Crippen LogP contribution is 2.57. The molecular weight excluding hydrogens is 687 g/mol. The average molecular weight is 774 g/mol. The Hall–Kier alpha value is -1.63. The van der Waals surface area contributed by atoms with Crippen LogP contribution < -0.4 is 0 Å². The summed E-state index contributed by atoms with van der Waals surface area (Å²) in [6.45, 7) is 6.65. The van der Waals surface area contributed by atoms with Crippen molar-refractivity contribution in [1.82, 2.24) is 4.90 Å². The third-order valence-corrected chi connectivity index (χ3v) is 13.3. The van der Waals surface area contributed by atoms with Gasteiger partial charge in [-0.3, -0.25) is 14.4 Å². The Morgan fingerprint density at radius 1 is 0.564 bits per heavy atom. The van der Waals surface area contributed by atoms with Gasteiger partial charge in [0, 0.05) is 24.7 Å². The molecule has 7 nitrogen and oxygen atoms in total. The molecule has 0 aromatic rings. The smallest absolute Gasteiger partial charge is 0.306 e. The number of rotatable bonds is 34. The van der Waals surface area contributed by atoms with Gasteiger partial charge in [-0.2, -0.15) is 0 Å². The van der Waals surface area contributed by atoms with E-state index in [9.17, 15) is 14.4 Å². The molecule has 0 spiro atoms. The standard InChI is InChI=1S/C48H87NO6/c1-5-7-15-22-40(23-16-8-6-2)31-33-53-45(50)26-19-13-9-11-17-24-44(55-47(52)28-21-32-49(3)4)25-18-12-10-14-20-27-46(51)54-39-48-36-41-29-30-42(37-48)35-43(34-41)38-48/h40-44H,5-39H2,1-4H3. The minimum Gasteiger partial charge on any atom is -0.466 e. The van der Waals surface area contributed by atoms with Crippen LogP contribution in [0.1, 0.15) is 219 Å². The van der Waals surface area contributed by atoms with Crippen molar-refractivity contribution >= 4 is 17.9 Å². The van der Waals surface area contributed by atoms with Crippen LogP contribution in [0.15, 0.2) is 0 Å². The van der Waals surface area contributed by atoms with Crippen LogP contribution in [0.4, 0.5) is 0 Å². The average Bonchev–Trinajstić information content (AvgIpc) is 3.37. The lowest BCUT2D eigenvalue weighted by Crippen LogP contribution is -2.41. The van der Waals surface area contributed by atoms with E-state index in [-0.39, 0.29) is 29.4 Å². The fraction of sp³-hybridized carbons (Fsp3) is 0.938. The molecule has 4 saturated carbocycles.